The van der Waals surface area contributed by atoms with Crippen LogP contribution in [0.25, 0.3) is 0 Å². The Balaban J connectivity index is 3.51. The fourth-order valence-corrected chi connectivity index (χ4v) is 2.56. The third-order valence-electron chi connectivity index (χ3n) is 2.07. The normalized spacial score (nSPS) is 11.2. The molecule has 1 N–H and O–H groups in total. The van der Waals surface area contributed by atoms with Gasteiger partial charge in [0.15, 0.2) is 0 Å². The number of benzene rings is 1. The number of amides is 1. The zero-order valence-electron chi connectivity index (χ0n) is 8.54. The van der Waals surface area contributed by atoms with Gasteiger partial charge in [-0.1, -0.05) is 15.9 Å². The van der Waals surface area contributed by atoms with Crippen LogP contribution in [0.2, 0.25) is 0 Å². The van der Waals surface area contributed by atoms with Gasteiger partial charge in [0.1, 0.15) is 0 Å². The van der Waals surface area contributed by atoms with Crippen LogP contribution >= 0.6 is 26.6 Å². The van der Waals surface area contributed by atoms with Gasteiger partial charge in [0.05, 0.1) is 4.90 Å². The minimum Gasteiger partial charge on any atom is -0.355 e. The molecule has 0 radical (unpaired) electrons. The molecule has 0 saturated carbocycles. The summed E-state index contributed by atoms with van der Waals surface area (Å²) in [6.45, 7) is 1.71. The summed E-state index contributed by atoms with van der Waals surface area (Å²) in [5.74, 6) is -0.361. The van der Waals surface area contributed by atoms with E-state index in [0.29, 0.717) is 10.0 Å². The van der Waals surface area contributed by atoms with Crippen molar-refractivity contribution in [1.82, 2.24) is 5.32 Å². The molecule has 7 heteroatoms. The SMILES string of the molecule is CNC(=O)c1cc(S(=O)(=O)Cl)cc(Br)c1C. The van der Waals surface area contributed by atoms with Gasteiger partial charge in [0, 0.05) is 27.8 Å². The lowest BCUT2D eigenvalue weighted by Gasteiger charge is -2.08. The average Bonchev–Trinajstić information content (AvgIpc) is 2.19. The fourth-order valence-electron chi connectivity index (χ4n) is 1.17. The molecule has 0 aliphatic heterocycles. The Morgan fingerprint density at radius 1 is 1.44 bits per heavy atom. The van der Waals surface area contributed by atoms with Gasteiger partial charge < -0.3 is 5.32 Å². The van der Waals surface area contributed by atoms with Gasteiger partial charge in [-0.2, -0.15) is 0 Å². The zero-order chi connectivity index (χ0) is 12.5. The quantitative estimate of drug-likeness (QED) is 0.846. The molecule has 16 heavy (non-hydrogen) atoms. The summed E-state index contributed by atoms with van der Waals surface area (Å²) in [5.41, 5.74) is 0.930. The third kappa shape index (κ3) is 2.75. The number of nitrogens with one attached hydrogen (secondary N) is 1. The Morgan fingerprint density at radius 3 is 2.44 bits per heavy atom. The second-order valence-corrected chi connectivity index (χ2v) is 6.51. The number of carbonyl (C=O) groups excluding carboxylic acids is 1. The number of hydrogen-bond donors (Lipinski definition) is 1. The van der Waals surface area contributed by atoms with Gasteiger partial charge in [0.2, 0.25) is 0 Å². The topological polar surface area (TPSA) is 63.2 Å². The van der Waals surface area contributed by atoms with E-state index < -0.39 is 9.05 Å². The minimum absolute atomic E-state index is 0.106. The van der Waals surface area contributed by atoms with E-state index in [4.69, 9.17) is 10.7 Å². The van der Waals surface area contributed by atoms with E-state index in [1.165, 1.54) is 19.2 Å². The van der Waals surface area contributed by atoms with Crippen LogP contribution in [0.15, 0.2) is 21.5 Å². The maximum absolute atomic E-state index is 11.5. The molecule has 0 saturated heterocycles. The third-order valence-corrected chi connectivity index (χ3v) is 4.23. The van der Waals surface area contributed by atoms with Crippen LogP contribution in [0.4, 0.5) is 0 Å². The highest BCUT2D eigenvalue weighted by Gasteiger charge is 2.17. The lowest BCUT2D eigenvalue weighted by molar-refractivity contribution is 0.0962. The number of carbonyl (C=O) groups is 1. The Morgan fingerprint density at radius 2 is 2.00 bits per heavy atom. The van der Waals surface area contributed by atoms with Crippen LogP contribution in [0.1, 0.15) is 15.9 Å². The van der Waals surface area contributed by atoms with Crippen molar-refractivity contribution in [2.45, 2.75) is 11.8 Å². The molecule has 0 aromatic heterocycles. The number of hydrogen-bond acceptors (Lipinski definition) is 3. The Hall–Kier alpha value is -0.590. The molecule has 0 bridgehead atoms. The molecule has 1 amide bonds. The van der Waals surface area contributed by atoms with Gasteiger partial charge in [-0.05, 0) is 24.6 Å². The van der Waals surface area contributed by atoms with E-state index in [2.05, 4.69) is 21.2 Å². The maximum atomic E-state index is 11.5. The lowest BCUT2D eigenvalue weighted by Crippen LogP contribution is -2.19. The molecule has 88 valence electrons. The standard InChI is InChI=1S/C9H9BrClNO3S/c1-5-7(9(13)12-2)3-6(4-8(5)10)16(11,14)15/h3-4H,1-2H3,(H,12,13). The van der Waals surface area contributed by atoms with Crippen molar-refractivity contribution in [2.75, 3.05) is 7.05 Å². The monoisotopic (exact) mass is 325 g/mol. The summed E-state index contributed by atoms with van der Waals surface area (Å²) in [4.78, 5) is 11.4. The van der Waals surface area contributed by atoms with Crippen molar-refractivity contribution in [2.24, 2.45) is 0 Å². The minimum atomic E-state index is -3.84. The highest BCUT2D eigenvalue weighted by atomic mass is 79.9. The van der Waals surface area contributed by atoms with Crippen LogP contribution in [0.3, 0.4) is 0 Å². The highest BCUT2D eigenvalue weighted by Crippen LogP contribution is 2.26. The van der Waals surface area contributed by atoms with Crippen LogP contribution in [-0.4, -0.2) is 21.4 Å². The summed E-state index contributed by atoms with van der Waals surface area (Å²) in [7, 11) is 2.85. The van der Waals surface area contributed by atoms with E-state index >= 15 is 0 Å². The van der Waals surface area contributed by atoms with Crippen molar-refractivity contribution >= 4 is 41.6 Å². The van der Waals surface area contributed by atoms with Gasteiger partial charge in [0.25, 0.3) is 15.0 Å². The molecule has 0 fully saturated rings. The van der Waals surface area contributed by atoms with Crippen molar-refractivity contribution in [3.8, 4) is 0 Å². The molecule has 0 aliphatic rings. The molecule has 0 heterocycles. The van der Waals surface area contributed by atoms with Gasteiger partial charge >= 0.3 is 0 Å². The van der Waals surface area contributed by atoms with Gasteiger partial charge in [-0.3, -0.25) is 4.79 Å². The Labute approximate surface area is 107 Å². The maximum Gasteiger partial charge on any atom is 0.261 e. The average molecular weight is 327 g/mol. The summed E-state index contributed by atoms with van der Waals surface area (Å²) in [5, 5.41) is 2.43. The summed E-state index contributed by atoms with van der Waals surface area (Å²) in [6, 6.07) is 2.62. The zero-order valence-corrected chi connectivity index (χ0v) is 11.7. The van der Waals surface area contributed by atoms with Crippen LogP contribution in [0, 0.1) is 6.92 Å². The van der Waals surface area contributed by atoms with Crippen molar-refractivity contribution in [3.05, 3.63) is 27.7 Å². The fraction of sp³-hybridized carbons (Fsp3) is 0.222. The first kappa shape index (κ1) is 13.5. The molecule has 4 nitrogen and oxygen atoms in total. The molecule has 0 aliphatic carbocycles. The number of halogens is 2. The Kier molecular flexibility index (Phi) is 3.98. The van der Waals surface area contributed by atoms with Crippen LogP contribution < -0.4 is 5.32 Å². The van der Waals surface area contributed by atoms with Gasteiger partial charge in [-0.15, -0.1) is 0 Å². The number of rotatable bonds is 2. The van der Waals surface area contributed by atoms with Crippen molar-refractivity contribution in [3.63, 3.8) is 0 Å². The van der Waals surface area contributed by atoms with Crippen molar-refractivity contribution < 1.29 is 13.2 Å². The van der Waals surface area contributed by atoms with Crippen LogP contribution in [-0.2, 0) is 9.05 Å². The molecule has 0 atom stereocenters. The molecule has 1 aromatic carbocycles. The van der Waals surface area contributed by atoms with E-state index in [-0.39, 0.29) is 16.4 Å². The van der Waals surface area contributed by atoms with E-state index in [0.717, 1.165) is 0 Å². The molecular weight excluding hydrogens is 318 g/mol. The first-order valence-electron chi connectivity index (χ1n) is 4.24. The summed E-state index contributed by atoms with van der Waals surface area (Å²) >= 11 is 3.18. The van der Waals surface area contributed by atoms with E-state index in [9.17, 15) is 13.2 Å². The first-order chi connectivity index (χ1) is 7.27. The van der Waals surface area contributed by atoms with Gasteiger partial charge in [-0.25, -0.2) is 8.42 Å². The second kappa shape index (κ2) is 4.73. The molecule has 0 spiro atoms. The predicted octanol–water partition coefficient (Wildman–Crippen LogP) is 2.04. The highest BCUT2D eigenvalue weighted by molar-refractivity contribution is 9.10. The Bertz CT molecular complexity index is 542. The van der Waals surface area contributed by atoms with Crippen molar-refractivity contribution in [1.29, 1.82) is 0 Å². The largest absolute Gasteiger partial charge is 0.355 e. The molecule has 1 aromatic rings. The summed E-state index contributed by atoms with van der Waals surface area (Å²) in [6.07, 6.45) is 0. The smallest absolute Gasteiger partial charge is 0.261 e. The lowest BCUT2D eigenvalue weighted by atomic mass is 10.1. The van der Waals surface area contributed by atoms with Crippen LogP contribution in [0.5, 0.6) is 0 Å². The second-order valence-electron chi connectivity index (χ2n) is 3.09. The molecular formula is C9H9BrClNO3S. The first-order valence-corrected chi connectivity index (χ1v) is 7.34. The predicted molar refractivity (Wildman–Crippen MR) is 65.3 cm³/mol. The summed E-state index contributed by atoms with van der Waals surface area (Å²) < 4.78 is 22.9. The van der Waals surface area contributed by atoms with E-state index in [1.807, 2.05) is 0 Å². The molecule has 0 unspecified atom stereocenters. The van der Waals surface area contributed by atoms with E-state index in [1.54, 1.807) is 6.92 Å². The molecule has 1 rings (SSSR count).